The first-order chi connectivity index (χ1) is 7.54. The number of carbonyl (C=O) groups excluding carboxylic acids is 1. The average Bonchev–Trinajstić information content (AvgIpc) is 2.20. The molecule has 1 amide bonds. The van der Waals surface area contributed by atoms with Gasteiger partial charge in [-0.1, -0.05) is 23.2 Å². The number of amides is 1. The van der Waals surface area contributed by atoms with Gasteiger partial charge in [-0.15, -0.1) is 0 Å². The minimum atomic E-state index is -0.269. The molecule has 0 aliphatic rings. The highest BCUT2D eigenvalue weighted by Gasteiger charge is 2.10. The fourth-order valence-electron chi connectivity index (χ4n) is 1.04. The van der Waals surface area contributed by atoms with E-state index in [1.807, 2.05) is 6.07 Å². The van der Waals surface area contributed by atoms with Crippen molar-refractivity contribution in [3.8, 4) is 11.8 Å². The fourth-order valence-corrected chi connectivity index (χ4v) is 1.61. The largest absolute Gasteiger partial charge is 0.479 e. The molecule has 0 saturated carbocycles. The fraction of sp³-hybridized carbons (Fsp3) is 0.200. The summed E-state index contributed by atoms with van der Waals surface area (Å²) in [5.74, 6) is 0.111. The molecule has 0 heterocycles. The SMILES string of the molecule is CC(=O)Nc1c(Cl)cc(OCC#N)cc1Cl. The molecule has 0 spiro atoms. The molecular formula is C10H8Cl2N2O2. The molecule has 84 valence electrons. The molecule has 16 heavy (non-hydrogen) atoms. The van der Waals surface area contributed by atoms with Crippen LogP contribution in [0.2, 0.25) is 10.0 Å². The van der Waals surface area contributed by atoms with Crippen molar-refractivity contribution < 1.29 is 9.53 Å². The van der Waals surface area contributed by atoms with Crippen LogP contribution in [0.4, 0.5) is 5.69 Å². The van der Waals surface area contributed by atoms with E-state index in [9.17, 15) is 4.79 Å². The van der Waals surface area contributed by atoms with Crippen molar-refractivity contribution in [1.82, 2.24) is 0 Å². The van der Waals surface area contributed by atoms with Gasteiger partial charge in [0.2, 0.25) is 5.91 Å². The Balaban J connectivity index is 2.98. The zero-order chi connectivity index (χ0) is 12.1. The van der Waals surface area contributed by atoms with Crippen molar-refractivity contribution in [2.75, 3.05) is 11.9 Å². The standard InChI is InChI=1S/C10H8Cl2N2O2/c1-6(15)14-10-8(11)4-7(5-9(10)12)16-3-2-13/h4-5H,3H2,1H3,(H,14,15). The van der Waals surface area contributed by atoms with Crippen LogP contribution in [0.3, 0.4) is 0 Å². The predicted octanol–water partition coefficient (Wildman–Crippen LogP) is 2.85. The lowest BCUT2D eigenvalue weighted by Gasteiger charge is -2.09. The molecule has 0 aliphatic carbocycles. The van der Waals surface area contributed by atoms with Crippen LogP contribution in [-0.4, -0.2) is 12.5 Å². The summed E-state index contributed by atoms with van der Waals surface area (Å²) >= 11 is 11.8. The van der Waals surface area contributed by atoms with Crippen LogP contribution in [0.1, 0.15) is 6.92 Å². The highest BCUT2D eigenvalue weighted by molar-refractivity contribution is 6.40. The third kappa shape index (κ3) is 3.30. The Kier molecular flexibility index (Phi) is 4.41. The maximum absolute atomic E-state index is 10.9. The van der Waals surface area contributed by atoms with Gasteiger partial charge in [0.15, 0.2) is 6.61 Å². The summed E-state index contributed by atoms with van der Waals surface area (Å²) in [7, 11) is 0. The molecule has 0 radical (unpaired) electrons. The number of nitrogens with zero attached hydrogens (tertiary/aromatic N) is 1. The van der Waals surface area contributed by atoms with Gasteiger partial charge >= 0.3 is 0 Å². The van der Waals surface area contributed by atoms with E-state index in [1.165, 1.54) is 19.1 Å². The molecule has 1 rings (SSSR count). The van der Waals surface area contributed by atoms with Crippen LogP contribution in [0.5, 0.6) is 5.75 Å². The summed E-state index contributed by atoms with van der Waals surface area (Å²) in [5.41, 5.74) is 0.333. The van der Waals surface area contributed by atoms with Gasteiger partial charge in [-0.25, -0.2) is 0 Å². The van der Waals surface area contributed by atoms with Gasteiger partial charge in [-0.2, -0.15) is 5.26 Å². The first-order valence-corrected chi connectivity index (χ1v) is 5.06. The van der Waals surface area contributed by atoms with E-state index in [4.69, 9.17) is 33.2 Å². The normalized spacial score (nSPS) is 9.38. The van der Waals surface area contributed by atoms with Crippen molar-refractivity contribution in [2.45, 2.75) is 6.92 Å². The van der Waals surface area contributed by atoms with Gasteiger partial charge in [0, 0.05) is 19.1 Å². The predicted molar refractivity (Wildman–Crippen MR) is 61.9 cm³/mol. The lowest BCUT2D eigenvalue weighted by atomic mass is 10.3. The molecular weight excluding hydrogens is 251 g/mol. The summed E-state index contributed by atoms with van der Waals surface area (Å²) in [6.07, 6.45) is 0. The molecule has 0 unspecified atom stereocenters. The van der Waals surface area contributed by atoms with Gasteiger partial charge < -0.3 is 10.1 Å². The number of ether oxygens (including phenoxy) is 1. The molecule has 1 N–H and O–H groups in total. The van der Waals surface area contributed by atoms with E-state index in [-0.39, 0.29) is 22.6 Å². The number of hydrogen-bond acceptors (Lipinski definition) is 3. The summed E-state index contributed by atoms with van der Waals surface area (Å²) in [6, 6.07) is 4.79. The summed E-state index contributed by atoms with van der Waals surface area (Å²) < 4.78 is 5.03. The summed E-state index contributed by atoms with van der Waals surface area (Å²) in [4.78, 5) is 10.9. The minimum Gasteiger partial charge on any atom is -0.479 e. The second-order valence-electron chi connectivity index (χ2n) is 2.89. The molecule has 4 nitrogen and oxygen atoms in total. The maximum atomic E-state index is 10.9. The number of nitriles is 1. The maximum Gasteiger partial charge on any atom is 0.221 e. The van der Waals surface area contributed by atoms with Crippen LogP contribution in [0.25, 0.3) is 0 Å². The smallest absolute Gasteiger partial charge is 0.221 e. The lowest BCUT2D eigenvalue weighted by Crippen LogP contribution is -2.07. The first kappa shape index (κ1) is 12.6. The van der Waals surface area contributed by atoms with Crippen LogP contribution < -0.4 is 10.1 Å². The van der Waals surface area contributed by atoms with Crippen LogP contribution in [0, 0.1) is 11.3 Å². The number of anilines is 1. The Morgan fingerprint density at radius 3 is 2.50 bits per heavy atom. The van der Waals surface area contributed by atoms with Gasteiger partial charge in [0.1, 0.15) is 11.8 Å². The molecule has 6 heteroatoms. The highest BCUT2D eigenvalue weighted by Crippen LogP contribution is 2.34. The average molecular weight is 259 g/mol. The van der Waals surface area contributed by atoms with Gasteiger partial charge in [0.05, 0.1) is 15.7 Å². The van der Waals surface area contributed by atoms with E-state index in [0.29, 0.717) is 11.4 Å². The summed E-state index contributed by atoms with van der Waals surface area (Å²) in [6.45, 7) is 1.26. The monoisotopic (exact) mass is 258 g/mol. The van der Waals surface area contributed by atoms with E-state index in [2.05, 4.69) is 5.32 Å². The highest BCUT2D eigenvalue weighted by atomic mass is 35.5. The van der Waals surface area contributed by atoms with E-state index >= 15 is 0 Å². The zero-order valence-corrected chi connectivity index (χ0v) is 9.89. The van der Waals surface area contributed by atoms with Crippen LogP contribution >= 0.6 is 23.2 Å². The van der Waals surface area contributed by atoms with E-state index < -0.39 is 0 Å². The molecule has 0 aliphatic heterocycles. The lowest BCUT2D eigenvalue weighted by molar-refractivity contribution is -0.114. The molecule has 0 atom stereocenters. The van der Waals surface area contributed by atoms with Crippen molar-refractivity contribution in [3.63, 3.8) is 0 Å². The Hall–Kier alpha value is -1.44. The number of halogens is 2. The second kappa shape index (κ2) is 5.59. The quantitative estimate of drug-likeness (QED) is 0.907. The Morgan fingerprint density at radius 1 is 1.50 bits per heavy atom. The minimum absolute atomic E-state index is 0.0911. The number of rotatable bonds is 3. The van der Waals surface area contributed by atoms with Gasteiger partial charge in [0.25, 0.3) is 0 Å². The molecule has 1 aromatic carbocycles. The Bertz CT molecular complexity index is 432. The number of carbonyl (C=O) groups is 1. The van der Waals surface area contributed by atoms with Crippen molar-refractivity contribution in [2.24, 2.45) is 0 Å². The number of benzene rings is 1. The number of nitrogens with one attached hydrogen (secondary N) is 1. The van der Waals surface area contributed by atoms with Gasteiger partial charge in [-0.3, -0.25) is 4.79 Å². The molecule has 0 fully saturated rings. The van der Waals surface area contributed by atoms with Crippen LogP contribution in [-0.2, 0) is 4.79 Å². The second-order valence-corrected chi connectivity index (χ2v) is 3.70. The van der Waals surface area contributed by atoms with Gasteiger partial charge in [-0.05, 0) is 0 Å². The van der Waals surface area contributed by atoms with Crippen molar-refractivity contribution in [1.29, 1.82) is 5.26 Å². The number of hydrogen-bond donors (Lipinski definition) is 1. The van der Waals surface area contributed by atoms with Crippen molar-refractivity contribution >= 4 is 34.8 Å². The van der Waals surface area contributed by atoms with Crippen molar-refractivity contribution in [3.05, 3.63) is 22.2 Å². The topological polar surface area (TPSA) is 62.1 Å². The van der Waals surface area contributed by atoms with Crippen LogP contribution in [0.15, 0.2) is 12.1 Å². The molecule has 0 aromatic heterocycles. The summed E-state index contributed by atoms with van der Waals surface area (Å²) in [5, 5.41) is 11.4. The molecule has 0 bridgehead atoms. The Morgan fingerprint density at radius 2 is 2.06 bits per heavy atom. The molecule has 0 saturated heterocycles. The van der Waals surface area contributed by atoms with E-state index in [0.717, 1.165) is 0 Å². The zero-order valence-electron chi connectivity index (χ0n) is 8.38. The van der Waals surface area contributed by atoms with E-state index in [1.54, 1.807) is 0 Å². The molecule has 1 aromatic rings. The third-order valence-electron chi connectivity index (χ3n) is 1.62. The third-order valence-corrected chi connectivity index (χ3v) is 2.22. The first-order valence-electron chi connectivity index (χ1n) is 4.31. The Labute approximate surface area is 103 Å².